The molecular formula is C11H18O2. The maximum absolute atomic E-state index is 11.0. The van der Waals surface area contributed by atoms with Gasteiger partial charge in [-0.3, -0.25) is 4.79 Å². The highest BCUT2D eigenvalue weighted by molar-refractivity contribution is 5.70. The zero-order valence-corrected chi connectivity index (χ0v) is 8.04. The van der Waals surface area contributed by atoms with Crippen molar-refractivity contribution in [1.29, 1.82) is 0 Å². The first kappa shape index (κ1) is 9.04. The van der Waals surface area contributed by atoms with Gasteiger partial charge in [-0.25, -0.2) is 0 Å². The highest BCUT2D eigenvalue weighted by Crippen LogP contribution is 2.43. The quantitative estimate of drug-likeness (QED) is 0.677. The van der Waals surface area contributed by atoms with E-state index < -0.39 is 5.97 Å². The monoisotopic (exact) mass is 182 g/mol. The van der Waals surface area contributed by atoms with Crippen molar-refractivity contribution < 1.29 is 9.90 Å². The van der Waals surface area contributed by atoms with Crippen LogP contribution in [0.4, 0.5) is 0 Å². The van der Waals surface area contributed by atoms with Crippen LogP contribution in [0.25, 0.3) is 0 Å². The molecule has 2 heteroatoms. The van der Waals surface area contributed by atoms with Gasteiger partial charge >= 0.3 is 5.97 Å². The van der Waals surface area contributed by atoms with Gasteiger partial charge in [0, 0.05) is 0 Å². The highest BCUT2D eigenvalue weighted by atomic mass is 16.4. The molecule has 3 atom stereocenters. The van der Waals surface area contributed by atoms with Crippen LogP contribution in [0.5, 0.6) is 0 Å². The van der Waals surface area contributed by atoms with Gasteiger partial charge in [-0.15, -0.1) is 0 Å². The first-order chi connectivity index (χ1) is 6.29. The summed E-state index contributed by atoms with van der Waals surface area (Å²) in [6.45, 7) is 0. The topological polar surface area (TPSA) is 37.3 Å². The van der Waals surface area contributed by atoms with E-state index in [-0.39, 0.29) is 5.92 Å². The van der Waals surface area contributed by atoms with E-state index in [1.165, 1.54) is 32.1 Å². The van der Waals surface area contributed by atoms with E-state index in [1.807, 2.05) is 0 Å². The fraction of sp³-hybridized carbons (Fsp3) is 0.909. The van der Waals surface area contributed by atoms with E-state index in [2.05, 4.69) is 0 Å². The molecule has 2 aliphatic carbocycles. The maximum atomic E-state index is 11.0. The Hall–Kier alpha value is -0.530. The van der Waals surface area contributed by atoms with E-state index in [4.69, 9.17) is 5.11 Å². The van der Waals surface area contributed by atoms with Gasteiger partial charge in [-0.2, -0.15) is 0 Å². The van der Waals surface area contributed by atoms with E-state index >= 15 is 0 Å². The zero-order valence-electron chi connectivity index (χ0n) is 8.04. The van der Waals surface area contributed by atoms with Crippen molar-refractivity contribution in [2.45, 2.75) is 44.9 Å². The molecule has 2 fully saturated rings. The molecule has 0 aliphatic heterocycles. The lowest BCUT2D eigenvalue weighted by atomic mass is 9.65. The molecule has 2 nitrogen and oxygen atoms in total. The second-order valence-electron chi connectivity index (χ2n) is 4.58. The normalized spacial score (nSPS) is 39.5. The molecule has 2 saturated carbocycles. The number of carboxylic acids is 1. The summed E-state index contributed by atoms with van der Waals surface area (Å²) in [4.78, 5) is 11.0. The maximum Gasteiger partial charge on any atom is 0.306 e. The Morgan fingerprint density at radius 3 is 2.46 bits per heavy atom. The fourth-order valence-electron chi connectivity index (χ4n) is 3.25. The van der Waals surface area contributed by atoms with Gasteiger partial charge in [-0.1, -0.05) is 32.1 Å². The van der Waals surface area contributed by atoms with Crippen molar-refractivity contribution in [3.63, 3.8) is 0 Å². The predicted molar refractivity (Wildman–Crippen MR) is 50.4 cm³/mol. The molecule has 0 radical (unpaired) electrons. The molecule has 0 aromatic rings. The number of carbonyl (C=O) groups is 1. The van der Waals surface area contributed by atoms with Crippen molar-refractivity contribution >= 4 is 5.97 Å². The molecule has 2 aliphatic rings. The summed E-state index contributed by atoms with van der Waals surface area (Å²) in [5.74, 6) is 0.694. The van der Waals surface area contributed by atoms with Crippen molar-refractivity contribution in [2.24, 2.45) is 17.8 Å². The first-order valence-electron chi connectivity index (χ1n) is 5.52. The molecule has 0 saturated heterocycles. The van der Waals surface area contributed by atoms with Gasteiger partial charge in [-0.05, 0) is 24.7 Å². The van der Waals surface area contributed by atoms with Gasteiger partial charge in [0.05, 0.1) is 5.92 Å². The first-order valence-corrected chi connectivity index (χ1v) is 5.52. The molecule has 0 unspecified atom stereocenters. The molecule has 2 rings (SSSR count). The Morgan fingerprint density at radius 1 is 1.00 bits per heavy atom. The lowest BCUT2D eigenvalue weighted by molar-refractivity contribution is -0.146. The van der Waals surface area contributed by atoms with E-state index in [0.717, 1.165) is 18.8 Å². The standard InChI is InChI=1S/C11H18O2/c12-11(13)10-7-3-5-8-4-1-2-6-9(8)10/h8-10H,1-7H2,(H,12,13)/t8-,9+,10-/m1/s1. The lowest BCUT2D eigenvalue weighted by Gasteiger charge is -2.39. The summed E-state index contributed by atoms with van der Waals surface area (Å²) < 4.78 is 0. The van der Waals surface area contributed by atoms with Crippen LogP contribution in [0.2, 0.25) is 0 Å². The Bertz CT molecular complexity index is 198. The average molecular weight is 182 g/mol. The summed E-state index contributed by atoms with van der Waals surface area (Å²) in [5.41, 5.74) is 0. The molecule has 0 bridgehead atoms. The van der Waals surface area contributed by atoms with Gasteiger partial charge in [0.1, 0.15) is 0 Å². The van der Waals surface area contributed by atoms with Crippen LogP contribution in [0.15, 0.2) is 0 Å². The summed E-state index contributed by atoms with van der Waals surface area (Å²) in [6.07, 6.45) is 8.39. The molecule has 0 aromatic heterocycles. The van der Waals surface area contributed by atoms with Crippen LogP contribution >= 0.6 is 0 Å². The number of carboxylic acid groups (broad SMARTS) is 1. The van der Waals surface area contributed by atoms with Crippen LogP contribution in [0, 0.1) is 17.8 Å². The third-order valence-electron chi connectivity index (χ3n) is 3.89. The smallest absolute Gasteiger partial charge is 0.306 e. The van der Waals surface area contributed by atoms with E-state index in [9.17, 15) is 4.79 Å². The second-order valence-corrected chi connectivity index (χ2v) is 4.58. The lowest BCUT2D eigenvalue weighted by Crippen LogP contribution is -2.35. The molecule has 0 amide bonds. The number of hydrogen-bond donors (Lipinski definition) is 1. The molecule has 1 N–H and O–H groups in total. The third-order valence-corrected chi connectivity index (χ3v) is 3.89. The molecule has 0 heterocycles. The van der Waals surface area contributed by atoms with Gasteiger partial charge < -0.3 is 5.11 Å². The Kier molecular flexibility index (Phi) is 2.56. The molecule has 0 spiro atoms. The van der Waals surface area contributed by atoms with Gasteiger partial charge in [0.25, 0.3) is 0 Å². The average Bonchev–Trinajstić information content (AvgIpc) is 2.17. The largest absolute Gasteiger partial charge is 0.481 e. The minimum Gasteiger partial charge on any atom is -0.481 e. The minimum atomic E-state index is -0.545. The van der Waals surface area contributed by atoms with Crippen molar-refractivity contribution in [3.05, 3.63) is 0 Å². The fourth-order valence-corrected chi connectivity index (χ4v) is 3.25. The predicted octanol–water partition coefficient (Wildman–Crippen LogP) is 2.68. The third kappa shape index (κ3) is 1.72. The van der Waals surface area contributed by atoms with Crippen molar-refractivity contribution in [2.75, 3.05) is 0 Å². The van der Waals surface area contributed by atoms with E-state index in [1.54, 1.807) is 0 Å². The molecule has 13 heavy (non-hydrogen) atoms. The second kappa shape index (κ2) is 3.69. The Balaban J connectivity index is 2.06. The SMILES string of the molecule is O=C(O)[C@@H]1CCC[C@H]2CCCC[C@@H]21. The summed E-state index contributed by atoms with van der Waals surface area (Å²) in [5, 5.41) is 9.08. The molecular weight excluding hydrogens is 164 g/mol. The summed E-state index contributed by atoms with van der Waals surface area (Å²) in [6, 6.07) is 0. The van der Waals surface area contributed by atoms with Crippen LogP contribution < -0.4 is 0 Å². The van der Waals surface area contributed by atoms with Crippen molar-refractivity contribution in [1.82, 2.24) is 0 Å². The Morgan fingerprint density at radius 2 is 1.69 bits per heavy atom. The Labute approximate surface area is 79.3 Å². The number of hydrogen-bond acceptors (Lipinski definition) is 1. The van der Waals surface area contributed by atoms with Crippen LogP contribution in [-0.4, -0.2) is 11.1 Å². The van der Waals surface area contributed by atoms with Crippen LogP contribution in [0.1, 0.15) is 44.9 Å². The molecule has 0 aromatic carbocycles. The number of fused-ring (bicyclic) bond motifs is 1. The number of rotatable bonds is 1. The molecule has 74 valence electrons. The van der Waals surface area contributed by atoms with Gasteiger partial charge in [0.2, 0.25) is 0 Å². The van der Waals surface area contributed by atoms with Crippen LogP contribution in [0.3, 0.4) is 0 Å². The minimum absolute atomic E-state index is 0.0148. The summed E-state index contributed by atoms with van der Waals surface area (Å²) in [7, 11) is 0. The summed E-state index contributed by atoms with van der Waals surface area (Å²) >= 11 is 0. The highest BCUT2D eigenvalue weighted by Gasteiger charge is 2.38. The van der Waals surface area contributed by atoms with E-state index in [0.29, 0.717) is 5.92 Å². The zero-order chi connectivity index (χ0) is 9.26. The number of aliphatic carboxylic acids is 1. The van der Waals surface area contributed by atoms with Crippen molar-refractivity contribution in [3.8, 4) is 0 Å². The van der Waals surface area contributed by atoms with Gasteiger partial charge in [0.15, 0.2) is 0 Å². The van der Waals surface area contributed by atoms with Crippen LogP contribution in [-0.2, 0) is 4.79 Å².